The van der Waals surface area contributed by atoms with Gasteiger partial charge in [0.25, 0.3) is 5.69 Å². The normalized spacial score (nSPS) is 10.3. The third kappa shape index (κ3) is 2.62. The molecule has 0 aliphatic rings. The number of hydrogen-bond acceptors (Lipinski definition) is 5. The molecular weight excluding hydrogens is 234 g/mol. The molecule has 0 aliphatic heterocycles. The first-order valence-electron chi connectivity index (χ1n) is 5.48. The molecule has 18 heavy (non-hydrogen) atoms. The van der Waals surface area contributed by atoms with E-state index < -0.39 is 4.92 Å². The number of benzene rings is 1. The SMILES string of the molecule is Cn1cnnc1CCNc1ccccc1[N+](=O)[O-]. The van der Waals surface area contributed by atoms with Crippen molar-refractivity contribution in [1.29, 1.82) is 0 Å². The molecule has 7 heteroatoms. The zero-order chi connectivity index (χ0) is 13.0. The van der Waals surface area contributed by atoms with Crippen molar-refractivity contribution in [2.75, 3.05) is 11.9 Å². The van der Waals surface area contributed by atoms with Crippen LogP contribution in [0.5, 0.6) is 0 Å². The van der Waals surface area contributed by atoms with Crippen molar-refractivity contribution < 1.29 is 4.92 Å². The van der Waals surface area contributed by atoms with Crippen molar-refractivity contribution in [3.63, 3.8) is 0 Å². The molecular formula is C11H13N5O2. The van der Waals surface area contributed by atoms with Crippen molar-refractivity contribution in [2.24, 2.45) is 7.05 Å². The van der Waals surface area contributed by atoms with Crippen molar-refractivity contribution >= 4 is 11.4 Å². The maximum Gasteiger partial charge on any atom is 0.292 e. The van der Waals surface area contributed by atoms with Crippen LogP contribution in [0.25, 0.3) is 0 Å². The summed E-state index contributed by atoms with van der Waals surface area (Å²) in [4.78, 5) is 10.4. The average molecular weight is 247 g/mol. The Kier molecular flexibility index (Phi) is 3.52. The van der Waals surface area contributed by atoms with Gasteiger partial charge in [-0.15, -0.1) is 10.2 Å². The minimum absolute atomic E-state index is 0.0791. The first-order valence-corrected chi connectivity index (χ1v) is 5.48. The van der Waals surface area contributed by atoms with E-state index in [9.17, 15) is 10.1 Å². The maximum atomic E-state index is 10.8. The molecule has 0 saturated heterocycles. The highest BCUT2D eigenvalue weighted by Gasteiger charge is 2.11. The van der Waals surface area contributed by atoms with Gasteiger partial charge in [0.05, 0.1) is 4.92 Å². The third-order valence-electron chi connectivity index (χ3n) is 2.57. The minimum Gasteiger partial charge on any atom is -0.379 e. The molecule has 0 fully saturated rings. The number of hydrogen-bond donors (Lipinski definition) is 1. The highest BCUT2D eigenvalue weighted by atomic mass is 16.6. The minimum atomic E-state index is -0.398. The van der Waals surface area contributed by atoms with E-state index in [1.807, 2.05) is 11.6 Å². The first kappa shape index (κ1) is 12.0. The number of para-hydroxylation sites is 2. The molecule has 0 bridgehead atoms. The summed E-state index contributed by atoms with van der Waals surface area (Å²) in [5, 5.41) is 21.6. The van der Waals surface area contributed by atoms with Crippen LogP contribution in [0.1, 0.15) is 5.82 Å². The lowest BCUT2D eigenvalue weighted by molar-refractivity contribution is -0.384. The molecule has 1 heterocycles. The van der Waals surface area contributed by atoms with Crippen molar-refractivity contribution in [1.82, 2.24) is 14.8 Å². The lowest BCUT2D eigenvalue weighted by Crippen LogP contribution is -2.09. The molecule has 1 aromatic carbocycles. The van der Waals surface area contributed by atoms with Gasteiger partial charge in [-0.3, -0.25) is 10.1 Å². The number of anilines is 1. The topological polar surface area (TPSA) is 85.9 Å². The largest absolute Gasteiger partial charge is 0.379 e. The number of rotatable bonds is 5. The summed E-state index contributed by atoms with van der Waals surface area (Å²) in [7, 11) is 1.86. The van der Waals surface area contributed by atoms with Gasteiger partial charge in [-0.1, -0.05) is 12.1 Å². The van der Waals surface area contributed by atoms with E-state index >= 15 is 0 Å². The lowest BCUT2D eigenvalue weighted by atomic mass is 10.2. The summed E-state index contributed by atoms with van der Waals surface area (Å²) >= 11 is 0. The Morgan fingerprint density at radius 1 is 1.44 bits per heavy atom. The summed E-state index contributed by atoms with van der Waals surface area (Å²) in [6.45, 7) is 0.567. The number of aryl methyl sites for hydroxylation is 1. The van der Waals surface area contributed by atoms with Crippen LogP contribution in [0.15, 0.2) is 30.6 Å². The van der Waals surface area contributed by atoms with E-state index in [0.29, 0.717) is 18.7 Å². The Balaban J connectivity index is 1.99. The highest BCUT2D eigenvalue weighted by molar-refractivity contribution is 5.61. The second-order valence-electron chi connectivity index (χ2n) is 3.81. The van der Waals surface area contributed by atoms with E-state index in [1.165, 1.54) is 6.07 Å². The Morgan fingerprint density at radius 3 is 2.89 bits per heavy atom. The van der Waals surface area contributed by atoms with Gasteiger partial charge in [0.15, 0.2) is 0 Å². The molecule has 0 radical (unpaired) electrons. The van der Waals surface area contributed by atoms with Gasteiger partial charge < -0.3 is 9.88 Å². The molecule has 94 valence electrons. The quantitative estimate of drug-likeness (QED) is 0.637. The zero-order valence-electron chi connectivity index (χ0n) is 9.91. The Labute approximate surface area is 104 Å². The fraction of sp³-hybridized carbons (Fsp3) is 0.273. The first-order chi connectivity index (χ1) is 8.68. The zero-order valence-corrected chi connectivity index (χ0v) is 9.91. The van der Waals surface area contributed by atoms with Gasteiger partial charge in [-0.05, 0) is 6.07 Å². The van der Waals surface area contributed by atoms with E-state index in [-0.39, 0.29) is 5.69 Å². The van der Waals surface area contributed by atoms with Gasteiger partial charge in [0, 0.05) is 26.1 Å². The van der Waals surface area contributed by atoms with Gasteiger partial charge in [0.1, 0.15) is 17.8 Å². The lowest BCUT2D eigenvalue weighted by Gasteiger charge is -2.06. The number of nitro benzene ring substituents is 1. The van der Waals surface area contributed by atoms with Gasteiger partial charge >= 0.3 is 0 Å². The maximum absolute atomic E-state index is 10.8. The molecule has 1 N–H and O–H groups in total. The number of nitrogens with zero attached hydrogens (tertiary/aromatic N) is 4. The predicted molar refractivity (Wildman–Crippen MR) is 66.3 cm³/mol. The van der Waals surface area contributed by atoms with E-state index in [0.717, 1.165) is 5.82 Å². The summed E-state index contributed by atoms with van der Waals surface area (Å²) in [6.07, 6.45) is 2.28. The van der Waals surface area contributed by atoms with Crippen LogP contribution >= 0.6 is 0 Å². The van der Waals surface area contributed by atoms with Gasteiger partial charge in [0.2, 0.25) is 0 Å². The van der Waals surface area contributed by atoms with Crippen LogP contribution in [0.3, 0.4) is 0 Å². The average Bonchev–Trinajstić information content (AvgIpc) is 2.76. The second-order valence-corrected chi connectivity index (χ2v) is 3.81. The van der Waals surface area contributed by atoms with Crippen LogP contribution in [0.4, 0.5) is 11.4 Å². The number of nitrogens with one attached hydrogen (secondary N) is 1. The molecule has 1 aromatic heterocycles. The molecule has 0 aliphatic carbocycles. The van der Waals surface area contributed by atoms with Crippen molar-refractivity contribution in [3.05, 3.63) is 46.5 Å². The molecule has 2 rings (SSSR count). The van der Waals surface area contributed by atoms with Gasteiger partial charge in [-0.2, -0.15) is 0 Å². The summed E-state index contributed by atoms with van der Waals surface area (Å²) in [5.74, 6) is 0.834. The fourth-order valence-electron chi connectivity index (χ4n) is 1.62. The summed E-state index contributed by atoms with van der Waals surface area (Å²) < 4.78 is 1.82. The monoisotopic (exact) mass is 247 g/mol. The van der Waals surface area contributed by atoms with Crippen LogP contribution in [0.2, 0.25) is 0 Å². The number of nitro groups is 1. The summed E-state index contributed by atoms with van der Waals surface area (Å²) in [5.41, 5.74) is 0.597. The molecule has 0 spiro atoms. The fourth-order valence-corrected chi connectivity index (χ4v) is 1.62. The van der Waals surface area contributed by atoms with E-state index in [1.54, 1.807) is 24.5 Å². The van der Waals surface area contributed by atoms with Crippen LogP contribution < -0.4 is 5.32 Å². The van der Waals surface area contributed by atoms with Crippen molar-refractivity contribution in [2.45, 2.75) is 6.42 Å². The smallest absolute Gasteiger partial charge is 0.292 e. The van der Waals surface area contributed by atoms with Crippen LogP contribution in [0, 0.1) is 10.1 Å². The van der Waals surface area contributed by atoms with E-state index in [4.69, 9.17) is 0 Å². The Bertz CT molecular complexity index is 552. The predicted octanol–water partition coefficient (Wildman–Crippen LogP) is 1.38. The Hall–Kier alpha value is -2.44. The molecule has 0 saturated carbocycles. The second kappa shape index (κ2) is 5.26. The molecule has 2 aromatic rings. The molecule has 0 atom stereocenters. The summed E-state index contributed by atoms with van der Waals surface area (Å²) in [6, 6.07) is 6.57. The number of aromatic nitrogens is 3. The van der Waals surface area contributed by atoms with Crippen LogP contribution in [-0.2, 0) is 13.5 Å². The van der Waals surface area contributed by atoms with Gasteiger partial charge in [-0.25, -0.2) is 0 Å². The van der Waals surface area contributed by atoms with Crippen molar-refractivity contribution in [3.8, 4) is 0 Å². The molecule has 7 nitrogen and oxygen atoms in total. The molecule has 0 unspecified atom stereocenters. The van der Waals surface area contributed by atoms with E-state index in [2.05, 4.69) is 15.5 Å². The van der Waals surface area contributed by atoms with Crippen LogP contribution in [-0.4, -0.2) is 26.2 Å². The highest BCUT2D eigenvalue weighted by Crippen LogP contribution is 2.22. The third-order valence-corrected chi connectivity index (χ3v) is 2.57. The molecule has 0 amide bonds. The Morgan fingerprint density at radius 2 is 2.22 bits per heavy atom. The standard InChI is InChI=1S/C11H13N5O2/c1-15-8-13-14-11(15)6-7-12-9-4-2-3-5-10(9)16(17)18/h2-5,8,12H,6-7H2,1H3.